The van der Waals surface area contributed by atoms with Crippen LogP contribution in [0.4, 0.5) is 0 Å². The molecule has 14 heavy (non-hydrogen) atoms. The quantitative estimate of drug-likeness (QED) is 0.845. The largest absolute Gasteiger partial charge is 0.459 e. The number of halogens is 1. The number of rotatable bonds is 3. The van der Waals surface area contributed by atoms with Gasteiger partial charge >= 0.3 is 0 Å². The molecule has 1 aliphatic rings. The van der Waals surface area contributed by atoms with Crippen molar-refractivity contribution in [2.24, 2.45) is 0 Å². The maximum Gasteiger partial charge on any atom is 0.287 e. The Morgan fingerprint density at radius 2 is 2.43 bits per heavy atom. The number of hydrogen-bond donors (Lipinski definition) is 1. The fraction of sp³-hybridized carbons (Fsp3) is 0.500. The van der Waals surface area contributed by atoms with Crippen molar-refractivity contribution in [3.05, 3.63) is 23.7 Å². The molecular formula is C10H12BrNO2. The van der Waals surface area contributed by atoms with Crippen molar-refractivity contribution in [1.82, 2.24) is 5.32 Å². The van der Waals surface area contributed by atoms with Gasteiger partial charge in [-0.25, -0.2) is 0 Å². The van der Waals surface area contributed by atoms with E-state index in [1.165, 1.54) is 6.26 Å². The normalized spacial score (nSPS) is 17.9. The van der Waals surface area contributed by atoms with Gasteiger partial charge in [0, 0.05) is 10.9 Å². The van der Waals surface area contributed by atoms with Crippen LogP contribution in [0.5, 0.6) is 0 Å². The molecule has 2 rings (SSSR count). The molecule has 0 atom stereocenters. The molecule has 0 aromatic carbocycles. The average molecular weight is 258 g/mol. The molecule has 0 spiro atoms. The predicted molar refractivity (Wildman–Crippen MR) is 56.7 cm³/mol. The lowest BCUT2D eigenvalue weighted by molar-refractivity contribution is 0.0907. The van der Waals surface area contributed by atoms with Gasteiger partial charge in [-0.1, -0.05) is 15.9 Å². The lowest BCUT2D eigenvalue weighted by atomic mass is 10.2. The standard InChI is InChI=1S/C10H12BrNO2/c1-7-2-5-14-8(7)9(13)12-10(6-11)3-4-10/h2,5H,3-4,6H2,1H3,(H,12,13). The minimum absolute atomic E-state index is 0.0175. The molecule has 0 radical (unpaired) electrons. The molecule has 1 fully saturated rings. The van der Waals surface area contributed by atoms with Crippen LogP contribution >= 0.6 is 15.9 Å². The molecule has 0 unspecified atom stereocenters. The lowest BCUT2D eigenvalue weighted by Crippen LogP contribution is -2.38. The first-order chi connectivity index (χ1) is 6.67. The van der Waals surface area contributed by atoms with Crippen LogP contribution in [0.3, 0.4) is 0 Å². The fourth-order valence-corrected chi connectivity index (χ4v) is 2.05. The summed E-state index contributed by atoms with van der Waals surface area (Å²) in [5.41, 5.74) is 0.865. The Kier molecular flexibility index (Phi) is 2.39. The third-order valence-corrected chi connectivity index (χ3v) is 3.63. The third-order valence-electron chi connectivity index (χ3n) is 2.56. The first-order valence-electron chi connectivity index (χ1n) is 4.59. The van der Waals surface area contributed by atoms with Crippen molar-refractivity contribution in [3.8, 4) is 0 Å². The summed E-state index contributed by atoms with van der Waals surface area (Å²) in [6.07, 6.45) is 3.63. The number of carbonyl (C=O) groups is 1. The van der Waals surface area contributed by atoms with Crippen molar-refractivity contribution in [3.63, 3.8) is 0 Å². The van der Waals surface area contributed by atoms with Gasteiger partial charge in [-0.3, -0.25) is 4.79 Å². The second-order valence-corrected chi connectivity index (χ2v) is 4.36. The minimum Gasteiger partial charge on any atom is -0.459 e. The van der Waals surface area contributed by atoms with E-state index in [1.54, 1.807) is 6.07 Å². The molecular weight excluding hydrogens is 246 g/mol. The summed E-state index contributed by atoms with van der Waals surface area (Å²) in [6, 6.07) is 1.79. The van der Waals surface area contributed by atoms with Crippen LogP contribution in [-0.4, -0.2) is 16.8 Å². The van der Waals surface area contributed by atoms with E-state index in [2.05, 4.69) is 21.2 Å². The van der Waals surface area contributed by atoms with Crippen LogP contribution < -0.4 is 5.32 Å². The second-order valence-electron chi connectivity index (χ2n) is 3.80. The zero-order chi connectivity index (χ0) is 10.2. The molecule has 1 aliphatic carbocycles. The Morgan fingerprint density at radius 1 is 1.71 bits per heavy atom. The second kappa shape index (κ2) is 3.42. The Bertz CT molecular complexity index is 355. The first kappa shape index (κ1) is 9.77. The summed E-state index contributed by atoms with van der Waals surface area (Å²) in [5.74, 6) is 0.321. The van der Waals surface area contributed by atoms with Crippen molar-refractivity contribution in [1.29, 1.82) is 0 Å². The van der Waals surface area contributed by atoms with Gasteiger partial charge in [0.25, 0.3) is 5.91 Å². The Morgan fingerprint density at radius 3 is 2.86 bits per heavy atom. The zero-order valence-electron chi connectivity index (χ0n) is 7.97. The summed E-state index contributed by atoms with van der Waals surface area (Å²) >= 11 is 3.40. The molecule has 0 aliphatic heterocycles. The highest BCUT2D eigenvalue weighted by atomic mass is 79.9. The fourth-order valence-electron chi connectivity index (χ4n) is 1.35. The highest BCUT2D eigenvalue weighted by molar-refractivity contribution is 9.09. The van der Waals surface area contributed by atoms with E-state index in [1.807, 2.05) is 6.92 Å². The smallest absolute Gasteiger partial charge is 0.287 e. The average Bonchev–Trinajstić information content (AvgIpc) is 2.80. The zero-order valence-corrected chi connectivity index (χ0v) is 9.56. The predicted octanol–water partition coefficient (Wildman–Crippen LogP) is 2.25. The number of carbonyl (C=O) groups excluding carboxylic acids is 1. The lowest BCUT2D eigenvalue weighted by Gasteiger charge is -2.12. The van der Waals surface area contributed by atoms with Gasteiger partial charge in [0.1, 0.15) is 0 Å². The topological polar surface area (TPSA) is 42.2 Å². The molecule has 0 saturated heterocycles. The molecule has 1 aromatic rings. The van der Waals surface area contributed by atoms with Crippen LogP contribution in [0.15, 0.2) is 16.7 Å². The van der Waals surface area contributed by atoms with E-state index >= 15 is 0 Å². The minimum atomic E-state index is -0.107. The van der Waals surface area contributed by atoms with Gasteiger partial charge in [0.05, 0.1) is 11.8 Å². The molecule has 3 nitrogen and oxygen atoms in total. The summed E-state index contributed by atoms with van der Waals surface area (Å²) < 4.78 is 5.12. The molecule has 4 heteroatoms. The number of hydrogen-bond acceptors (Lipinski definition) is 2. The van der Waals surface area contributed by atoms with E-state index in [-0.39, 0.29) is 11.4 Å². The number of alkyl halides is 1. The van der Waals surface area contributed by atoms with Gasteiger partial charge in [-0.05, 0) is 25.8 Å². The Balaban J connectivity index is 2.07. The van der Waals surface area contributed by atoms with Crippen LogP contribution in [0.1, 0.15) is 29.0 Å². The van der Waals surface area contributed by atoms with Crippen molar-refractivity contribution < 1.29 is 9.21 Å². The first-order valence-corrected chi connectivity index (χ1v) is 5.72. The maximum absolute atomic E-state index is 11.7. The van der Waals surface area contributed by atoms with E-state index < -0.39 is 0 Å². The molecule has 1 amide bonds. The van der Waals surface area contributed by atoms with E-state index in [0.717, 1.165) is 23.7 Å². The summed E-state index contributed by atoms with van der Waals surface area (Å²) in [5, 5.41) is 3.79. The molecule has 1 saturated carbocycles. The maximum atomic E-state index is 11.7. The summed E-state index contributed by atoms with van der Waals surface area (Å²) in [7, 11) is 0. The van der Waals surface area contributed by atoms with E-state index in [0.29, 0.717) is 5.76 Å². The van der Waals surface area contributed by atoms with Gasteiger partial charge < -0.3 is 9.73 Å². The van der Waals surface area contributed by atoms with Gasteiger partial charge in [-0.2, -0.15) is 0 Å². The van der Waals surface area contributed by atoms with E-state index in [9.17, 15) is 4.79 Å². The number of aryl methyl sites for hydroxylation is 1. The Labute approximate surface area is 91.0 Å². The molecule has 1 N–H and O–H groups in total. The highest BCUT2D eigenvalue weighted by Gasteiger charge is 2.43. The van der Waals surface area contributed by atoms with Crippen molar-refractivity contribution in [2.45, 2.75) is 25.3 Å². The molecule has 1 heterocycles. The van der Waals surface area contributed by atoms with Gasteiger partial charge in [0.2, 0.25) is 0 Å². The number of furan rings is 1. The monoisotopic (exact) mass is 257 g/mol. The molecule has 76 valence electrons. The van der Waals surface area contributed by atoms with E-state index in [4.69, 9.17) is 4.42 Å². The van der Waals surface area contributed by atoms with Gasteiger partial charge in [0.15, 0.2) is 5.76 Å². The third kappa shape index (κ3) is 1.71. The molecule has 1 aromatic heterocycles. The SMILES string of the molecule is Cc1ccoc1C(=O)NC1(CBr)CC1. The number of nitrogens with one attached hydrogen (secondary N) is 1. The van der Waals surface area contributed by atoms with Crippen LogP contribution in [-0.2, 0) is 0 Å². The highest BCUT2D eigenvalue weighted by Crippen LogP contribution is 2.37. The van der Waals surface area contributed by atoms with Gasteiger partial charge in [-0.15, -0.1) is 0 Å². The summed E-state index contributed by atoms with van der Waals surface area (Å²) in [6.45, 7) is 1.87. The van der Waals surface area contributed by atoms with Crippen LogP contribution in [0, 0.1) is 6.92 Å². The van der Waals surface area contributed by atoms with Crippen LogP contribution in [0.25, 0.3) is 0 Å². The van der Waals surface area contributed by atoms with Crippen molar-refractivity contribution >= 4 is 21.8 Å². The number of amides is 1. The van der Waals surface area contributed by atoms with Crippen molar-refractivity contribution in [2.75, 3.05) is 5.33 Å². The Hall–Kier alpha value is -0.770. The summed E-state index contributed by atoms with van der Waals surface area (Å²) in [4.78, 5) is 11.7. The van der Waals surface area contributed by atoms with Crippen LogP contribution in [0.2, 0.25) is 0 Å². The molecule has 0 bridgehead atoms.